The molecule has 0 aliphatic carbocycles. The van der Waals surface area contributed by atoms with Crippen molar-refractivity contribution in [3.05, 3.63) is 70.4 Å². The number of furan rings is 1. The van der Waals surface area contributed by atoms with E-state index in [1.54, 1.807) is 11.8 Å². The molecular formula is C27H33N2OS+. The van der Waals surface area contributed by atoms with Gasteiger partial charge in [-0.3, -0.25) is 0 Å². The van der Waals surface area contributed by atoms with Crippen LogP contribution < -0.4 is 9.47 Å². The van der Waals surface area contributed by atoms with Gasteiger partial charge in [0.05, 0.1) is 9.92 Å². The highest BCUT2D eigenvalue weighted by atomic mass is 32.2. The Morgan fingerprint density at radius 2 is 1.48 bits per heavy atom. The summed E-state index contributed by atoms with van der Waals surface area (Å²) in [6, 6.07) is 16.8. The van der Waals surface area contributed by atoms with E-state index in [4.69, 9.17) is 4.42 Å². The van der Waals surface area contributed by atoms with E-state index in [-0.39, 0.29) is 0 Å². The minimum atomic E-state index is 0.935. The number of rotatable bonds is 1. The van der Waals surface area contributed by atoms with Gasteiger partial charge in [-0.15, -0.1) is 0 Å². The van der Waals surface area contributed by atoms with Gasteiger partial charge in [-0.2, -0.15) is 4.57 Å². The van der Waals surface area contributed by atoms with E-state index in [9.17, 15) is 0 Å². The molecule has 0 amide bonds. The van der Waals surface area contributed by atoms with Gasteiger partial charge in [-0.1, -0.05) is 63.7 Å². The number of aryl methyl sites for hydroxylation is 2. The Morgan fingerprint density at radius 1 is 0.871 bits per heavy atom. The number of hydrogen-bond acceptors (Lipinski definition) is 3. The molecule has 2 aromatic heterocycles. The van der Waals surface area contributed by atoms with Crippen molar-refractivity contribution in [2.45, 2.75) is 46.4 Å². The Kier molecular flexibility index (Phi) is 7.11. The molecule has 2 aromatic carbocycles. The van der Waals surface area contributed by atoms with Crippen LogP contribution in [0.5, 0.6) is 0 Å². The van der Waals surface area contributed by atoms with Crippen LogP contribution in [-0.2, 0) is 7.05 Å². The molecular weight excluding hydrogens is 400 g/mol. The second kappa shape index (κ2) is 9.61. The molecule has 0 saturated carbocycles. The molecule has 4 heteroatoms. The fourth-order valence-electron chi connectivity index (χ4n) is 3.91. The minimum Gasteiger partial charge on any atom is -0.439 e. The van der Waals surface area contributed by atoms with E-state index in [1.165, 1.54) is 43.0 Å². The highest BCUT2D eigenvalue weighted by molar-refractivity contribution is 8.04. The Hall–Kier alpha value is -2.72. The van der Waals surface area contributed by atoms with Gasteiger partial charge in [-0.25, -0.2) is 0 Å². The van der Waals surface area contributed by atoms with Gasteiger partial charge >= 0.3 is 0 Å². The molecule has 162 valence electrons. The molecule has 3 nitrogen and oxygen atoms in total. The number of pyridine rings is 1. The van der Waals surface area contributed by atoms with Gasteiger partial charge in [0.25, 0.3) is 0 Å². The third-order valence-corrected chi connectivity index (χ3v) is 6.81. The lowest BCUT2D eigenvalue weighted by atomic mass is 10.0. The predicted molar refractivity (Wildman–Crippen MR) is 136 cm³/mol. The Morgan fingerprint density at radius 3 is 2.19 bits per heavy atom. The molecule has 4 aromatic rings. The van der Waals surface area contributed by atoms with Crippen molar-refractivity contribution in [1.29, 1.82) is 0 Å². The second-order valence-corrected chi connectivity index (χ2v) is 8.12. The molecule has 31 heavy (non-hydrogen) atoms. The maximum Gasteiger partial charge on any atom is 0.215 e. The minimum absolute atomic E-state index is 0.935. The monoisotopic (exact) mass is 433 g/mol. The molecule has 1 aliphatic rings. The summed E-state index contributed by atoms with van der Waals surface area (Å²) in [5.41, 5.74) is 6.08. The Labute approximate surface area is 190 Å². The standard InChI is InChI=1S/C23H21N2OS.2C2H6/c1-14-15(2)19(24(3)18-11-7-5-9-16(14)18)13-21-25(4)23-22(27-21)17-10-6-8-12-20(17)26-23;2*1-2/h5-13H,1-4H3;2*1-2H3/q+1;;. The van der Waals surface area contributed by atoms with Crippen molar-refractivity contribution in [2.75, 3.05) is 11.9 Å². The summed E-state index contributed by atoms with van der Waals surface area (Å²) in [4.78, 5) is 3.36. The zero-order valence-corrected chi connectivity index (χ0v) is 20.7. The average molecular weight is 434 g/mol. The zero-order chi connectivity index (χ0) is 22.7. The van der Waals surface area contributed by atoms with E-state index in [1.807, 2.05) is 39.8 Å². The van der Waals surface area contributed by atoms with E-state index >= 15 is 0 Å². The summed E-state index contributed by atoms with van der Waals surface area (Å²) in [5, 5.41) is 3.68. The number of para-hydroxylation sites is 2. The van der Waals surface area contributed by atoms with Crippen molar-refractivity contribution in [2.24, 2.45) is 7.05 Å². The first-order valence-electron chi connectivity index (χ1n) is 11.1. The van der Waals surface area contributed by atoms with Crippen molar-refractivity contribution in [1.82, 2.24) is 0 Å². The smallest absolute Gasteiger partial charge is 0.215 e. The van der Waals surface area contributed by atoms with Gasteiger partial charge in [-0.05, 0) is 37.6 Å². The SMILES string of the molecule is CC.CC.Cc1c(C)c2ccccc2[n+](C)c1C=C1Sc2c(oc3ccccc23)N1C. The first kappa shape index (κ1) is 23.0. The first-order chi connectivity index (χ1) is 15.1. The van der Waals surface area contributed by atoms with Crippen LogP contribution in [0.1, 0.15) is 44.5 Å². The van der Waals surface area contributed by atoms with Crippen molar-refractivity contribution in [3.63, 3.8) is 0 Å². The van der Waals surface area contributed by atoms with Crippen LogP contribution in [-0.4, -0.2) is 7.05 Å². The molecule has 0 unspecified atom stereocenters. The lowest BCUT2D eigenvalue weighted by molar-refractivity contribution is -0.647. The topological polar surface area (TPSA) is 20.3 Å². The summed E-state index contributed by atoms with van der Waals surface area (Å²) in [7, 11) is 4.23. The van der Waals surface area contributed by atoms with Gasteiger partial charge in [0, 0.05) is 35.5 Å². The normalized spacial score (nSPS) is 13.7. The third kappa shape index (κ3) is 3.85. The van der Waals surface area contributed by atoms with Gasteiger partial charge < -0.3 is 9.32 Å². The Balaban J connectivity index is 0.000000645. The van der Waals surface area contributed by atoms with Gasteiger partial charge in [0.15, 0.2) is 0 Å². The fraction of sp³-hybridized carbons (Fsp3) is 0.296. The van der Waals surface area contributed by atoms with Crippen LogP contribution in [0.2, 0.25) is 0 Å². The number of hydrogen-bond donors (Lipinski definition) is 0. The maximum absolute atomic E-state index is 6.10. The molecule has 0 bridgehead atoms. The summed E-state index contributed by atoms with van der Waals surface area (Å²) in [6.07, 6.45) is 2.28. The number of benzene rings is 2. The fourth-order valence-corrected chi connectivity index (χ4v) is 5.05. The zero-order valence-electron chi connectivity index (χ0n) is 19.9. The summed E-state index contributed by atoms with van der Waals surface area (Å²) >= 11 is 1.78. The van der Waals surface area contributed by atoms with Crippen LogP contribution in [0.3, 0.4) is 0 Å². The summed E-state index contributed by atoms with van der Waals surface area (Å²) < 4.78 is 8.39. The predicted octanol–water partition coefficient (Wildman–Crippen LogP) is 7.62. The van der Waals surface area contributed by atoms with Crippen LogP contribution in [0.15, 0.2) is 62.9 Å². The maximum atomic E-state index is 6.10. The van der Waals surface area contributed by atoms with Crippen LogP contribution in [0.4, 0.5) is 5.88 Å². The molecule has 5 rings (SSSR count). The quantitative estimate of drug-likeness (QED) is 0.288. The van der Waals surface area contributed by atoms with Gasteiger partial charge in [0.1, 0.15) is 12.6 Å². The van der Waals surface area contributed by atoms with Gasteiger partial charge in [0.2, 0.25) is 17.1 Å². The highest BCUT2D eigenvalue weighted by Crippen LogP contribution is 2.51. The van der Waals surface area contributed by atoms with Crippen LogP contribution in [0, 0.1) is 13.8 Å². The van der Waals surface area contributed by atoms with E-state index in [2.05, 4.69) is 79.9 Å². The number of aromatic nitrogens is 1. The average Bonchev–Trinajstić information content (AvgIpc) is 3.34. The first-order valence-corrected chi connectivity index (χ1v) is 11.9. The Bertz CT molecular complexity index is 1250. The lowest BCUT2D eigenvalue weighted by Gasteiger charge is -2.13. The van der Waals surface area contributed by atoms with Crippen molar-refractivity contribution in [3.8, 4) is 0 Å². The lowest BCUT2D eigenvalue weighted by Crippen LogP contribution is -2.34. The largest absolute Gasteiger partial charge is 0.439 e. The molecule has 0 radical (unpaired) electrons. The van der Waals surface area contributed by atoms with Crippen LogP contribution >= 0.6 is 11.8 Å². The van der Waals surface area contributed by atoms with Crippen LogP contribution in [0.25, 0.3) is 27.9 Å². The molecule has 0 fully saturated rings. The third-order valence-electron chi connectivity index (χ3n) is 5.61. The summed E-state index contributed by atoms with van der Waals surface area (Å²) in [5.74, 6) is 0.935. The summed E-state index contributed by atoms with van der Waals surface area (Å²) in [6.45, 7) is 12.4. The molecule has 0 atom stereocenters. The molecule has 0 saturated heterocycles. The van der Waals surface area contributed by atoms with E-state index in [0.29, 0.717) is 0 Å². The van der Waals surface area contributed by atoms with Crippen molar-refractivity contribution < 1.29 is 8.98 Å². The number of nitrogens with zero attached hydrogens (tertiary/aromatic N) is 2. The number of fused-ring (bicyclic) bond motifs is 4. The molecule has 0 N–H and O–H groups in total. The van der Waals surface area contributed by atoms with E-state index in [0.717, 1.165) is 11.5 Å². The number of thioether (sulfide) groups is 1. The highest BCUT2D eigenvalue weighted by Gasteiger charge is 2.30. The molecule has 0 spiro atoms. The van der Waals surface area contributed by atoms with E-state index < -0.39 is 0 Å². The van der Waals surface area contributed by atoms with Crippen molar-refractivity contribution >= 4 is 45.6 Å². The molecule has 3 heterocycles. The molecule has 1 aliphatic heterocycles. The number of anilines is 1. The second-order valence-electron chi connectivity index (χ2n) is 7.09.